The summed E-state index contributed by atoms with van der Waals surface area (Å²) in [5.41, 5.74) is 0.0285. The number of rotatable bonds is 2. The lowest BCUT2D eigenvalue weighted by atomic mass is 9.99. The smallest absolute Gasteiger partial charge is 0.153 e. The first-order chi connectivity index (χ1) is 6.63. The average Bonchev–Trinajstić information content (AvgIpc) is 2.71. The first-order valence-electron chi connectivity index (χ1n) is 5.28. The lowest BCUT2D eigenvalue weighted by Crippen LogP contribution is -2.36. The van der Waals surface area contributed by atoms with Crippen molar-refractivity contribution < 1.29 is 0 Å². The Morgan fingerprint density at radius 3 is 2.93 bits per heavy atom. The monoisotopic (exact) mass is 194 g/mol. The molecule has 2 rings (SSSR count). The molecule has 1 unspecified atom stereocenters. The molecule has 1 aliphatic rings. The molecular formula is C10H18N4. The Hall–Kier alpha value is -0.900. The van der Waals surface area contributed by atoms with Crippen molar-refractivity contribution in [2.75, 3.05) is 6.54 Å². The Kier molecular flexibility index (Phi) is 2.31. The van der Waals surface area contributed by atoms with Crippen molar-refractivity contribution in [1.82, 2.24) is 20.1 Å². The summed E-state index contributed by atoms with van der Waals surface area (Å²) in [6.45, 7) is 7.61. The predicted octanol–water partition coefficient (Wildman–Crippen LogP) is 1.46. The first-order valence-corrected chi connectivity index (χ1v) is 5.28. The number of nitrogens with zero attached hydrogens (tertiary/aromatic N) is 3. The Morgan fingerprint density at radius 1 is 1.57 bits per heavy atom. The Balaban J connectivity index is 2.35. The quantitative estimate of drug-likeness (QED) is 0.775. The third-order valence-corrected chi connectivity index (χ3v) is 2.99. The molecule has 1 atom stereocenters. The van der Waals surface area contributed by atoms with Crippen molar-refractivity contribution in [3.05, 3.63) is 12.2 Å². The van der Waals surface area contributed by atoms with E-state index in [-0.39, 0.29) is 5.54 Å². The topological polar surface area (TPSA) is 42.7 Å². The molecule has 0 bridgehead atoms. The van der Waals surface area contributed by atoms with Crippen LogP contribution in [0.25, 0.3) is 0 Å². The third-order valence-electron chi connectivity index (χ3n) is 2.99. The molecule has 1 saturated heterocycles. The standard InChI is InChI=1S/C10H18N4/c1-8(2)14-7-12-13-9(14)10(3)5-4-6-11-10/h7-8,11H,4-6H2,1-3H3. The molecule has 14 heavy (non-hydrogen) atoms. The van der Waals surface area contributed by atoms with Crippen LogP contribution in [0.1, 0.15) is 45.5 Å². The summed E-state index contributed by atoms with van der Waals surface area (Å²) in [5.74, 6) is 1.07. The van der Waals surface area contributed by atoms with Crippen molar-refractivity contribution in [3.8, 4) is 0 Å². The Bertz CT molecular complexity index is 310. The number of nitrogens with one attached hydrogen (secondary N) is 1. The van der Waals surface area contributed by atoms with Gasteiger partial charge in [-0.3, -0.25) is 0 Å². The van der Waals surface area contributed by atoms with Crippen molar-refractivity contribution in [2.24, 2.45) is 0 Å². The predicted molar refractivity (Wildman–Crippen MR) is 55.0 cm³/mol. The average molecular weight is 194 g/mol. The van der Waals surface area contributed by atoms with Gasteiger partial charge in [-0.05, 0) is 40.2 Å². The van der Waals surface area contributed by atoms with Crippen LogP contribution in [-0.2, 0) is 5.54 Å². The van der Waals surface area contributed by atoms with E-state index in [9.17, 15) is 0 Å². The molecule has 0 saturated carbocycles. The van der Waals surface area contributed by atoms with E-state index >= 15 is 0 Å². The molecule has 0 aliphatic carbocycles. The minimum absolute atomic E-state index is 0.0285. The molecule has 1 aromatic heterocycles. The SMILES string of the molecule is CC(C)n1cnnc1C1(C)CCCN1. The van der Waals surface area contributed by atoms with E-state index in [2.05, 4.69) is 40.9 Å². The lowest BCUT2D eigenvalue weighted by molar-refractivity contribution is 0.374. The van der Waals surface area contributed by atoms with E-state index in [1.54, 1.807) is 0 Å². The van der Waals surface area contributed by atoms with Crippen LogP contribution < -0.4 is 5.32 Å². The fraction of sp³-hybridized carbons (Fsp3) is 0.800. The molecule has 4 heteroatoms. The Morgan fingerprint density at radius 2 is 2.36 bits per heavy atom. The van der Waals surface area contributed by atoms with Gasteiger partial charge in [-0.2, -0.15) is 0 Å². The summed E-state index contributed by atoms with van der Waals surface area (Å²) < 4.78 is 2.15. The highest BCUT2D eigenvalue weighted by atomic mass is 15.3. The summed E-state index contributed by atoms with van der Waals surface area (Å²) in [6, 6.07) is 0.430. The van der Waals surface area contributed by atoms with Gasteiger partial charge in [-0.25, -0.2) is 0 Å². The molecule has 0 aromatic carbocycles. The highest BCUT2D eigenvalue weighted by Crippen LogP contribution is 2.29. The molecule has 1 aliphatic heterocycles. The minimum Gasteiger partial charge on any atom is -0.313 e. The van der Waals surface area contributed by atoms with Gasteiger partial charge in [0, 0.05) is 6.04 Å². The van der Waals surface area contributed by atoms with Crippen molar-refractivity contribution in [1.29, 1.82) is 0 Å². The van der Waals surface area contributed by atoms with E-state index in [0.29, 0.717) is 6.04 Å². The highest BCUT2D eigenvalue weighted by Gasteiger charge is 2.34. The molecule has 1 fully saturated rings. The molecule has 0 spiro atoms. The zero-order valence-electron chi connectivity index (χ0n) is 9.12. The van der Waals surface area contributed by atoms with Gasteiger partial charge < -0.3 is 9.88 Å². The van der Waals surface area contributed by atoms with Crippen LogP contribution in [0.15, 0.2) is 6.33 Å². The van der Waals surface area contributed by atoms with E-state index in [0.717, 1.165) is 18.8 Å². The van der Waals surface area contributed by atoms with Gasteiger partial charge in [-0.1, -0.05) is 0 Å². The van der Waals surface area contributed by atoms with Crippen LogP contribution >= 0.6 is 0 Å². The zero-order chi connectivity index (χ0) is 10.2. The van der Waals surface area contributed by atoms with Crippen LogP contribution in [0.3, 0.4) is 0 Å². The van der Waals surface area contributed by atoms with Crippen LogP contribution in [0, 0.1) is 0 Å². The van der Waals surface area contributed by atoms with Gasteiger partial charge in [0.2, 0.25) is 0 Å². The maximum Gasteiger partial charge on any atom is 0.153 e. The fourth-order valence-corrected chi connectivity index (χ4v) is 2.10. The van der Waals surface area contributed by atoms with Crippen molar-refractivity contribution in [3.63, 3.8) is 0 Å². The summed E-state index contributed by atoms with van der Waals surface area (Å²) in [4.78, 5) is 0. The van der Waals surface area contributed by atoms with Gasteiger partial charge in [0.15, 0.2) is 5.82 Å². The van der Waals surface area contributed by atoms with E-state index in [4.69, 9.17) is 0 Å². The lowest BCUT2D eigenvalue weighted by Gasteiger charge is -2.25. The number of hydrogen-bond acceptors (Lipinski definition) is 3. The molecule has 2 heterocycles. The summed E-state index contributed by atoms with van der Waals surface area (Å²) in [6.07, 6.45) is 4.20. The van der Waals surface area contributed by atoms with Crippen LogP contribution in [0.5, 0.6) is 0 Å². The van der Waals surface area contributed by atoms with Crippen molar-refractivity contribution >= 4 is 0 Å². The summed E-state index contributed by atoms with van der Waals surface area (Å²) in [7, 11) is 0. The second-order valence-electron chi connectivity index (χ2n) is 4.52. The molecule has 4 nitrogen and oxygen atoms in total. The van der Waals surface area contributed by atoms with Gasteiger partial charge >= 0.3 is 0 Å². The second kappa shape index (κ2) is 3.35. The molecule has 0 radical (unpaired) electrons. The summed E-state index contributed by atoms with van der Waals surface area (Å²) >= 11 is 0. The largest absolute Gasteiger partial charge is 0.313 e. The van der Waals surface area contributed by atoms with Crippen LogP contribution in [0.2, 0.25) is 0 Å². The molecule has 1 N–H and O–H groups in total. The van der Waals surface area contributed by atoms with Gasteiger partial charge in [-0.15, -0.1) is 10.2 Å². The highest BCUT2D eigenvalue weighted by molar-refractivity contribution is 5.07. The molecule has 1 aromatic rings. The second-order valence-corrected chi connectivity index (χ2v) is 4.52. The fourth-order valence-electron chi connectivity index (χ4n) is 2.10. The van der Waals surface area contributed by atoms with Gasteiger partial charge in [0.05, 0.1) is 5.54 Å². The van der Waals surface area contributed by atoms with E-state index < -0.39 is 0 Å². The van der Waals surface area contributed by atoms with Crippen LogP contribution in [-0.4, -0.2) is 21.3 Å². The number of hydrogen-bond donors (Lipinski definition) is 1. The summed E-state index contributed by atoms with van der Waals surface area (Å²) in [5, 5.41) is 11.8. The zero-order valence-corrected chi connectivity index (χ0v) is 9.12. The normalized spacial score (nSPS) is 27.4. The third kappa shape index (κ3) is 1.43. The van der Waals surface area contributed by atoms with E-state index in [1.165, 1.54) is 6.42 Å². The molecule has 0 amide bonds. The van der Waals surface area contributed by atoms with Gasteiger partial charge in [0.1, 0.15) is 6.33 Å². The maximum absolute atomic E-state index is 4.24. The first kappa shape index (κ1) is 9.65. The van der Waals surface area contributed by atoms with Crippen LogP contribution in [0.4, 0.5) is 0 Å². The maximum atomic E-state index is 4.24. The Labute approximate surface area is 84.7 Å². The number of aromatic nitrogens is 3. The molecule has 78 valence electrons. The van der Waals surface area contributed by atoms with Crippen molar-refractivity contribution in [2.45, 2.75) is 45.2 Å². The van der Waals surface area contributed by atoms with Gasteiger partial charge in [0.25, 0.3) is 0 Å². The molecular weight excluding hydrogens is 176 g/mol. The minimum atomic E-state index is 0.0285. The van der Waals surface area contributed by atoms with E-state index in [1.807, 2.05) is 6.33 Å².